The fourth-order valence-electron chi connectivity index (χ4n) is 9.08. The molecule has 0 unspecified atom stereocenters. The molecule has 2 aromatic rings. The van der Waals surface area contributed by atoms with E-state index < -0.39 is 89.0 Å². The number of fused-ring (bicyclic) bond motifs is 5. The molecular formula is C45H67FN6O11. The maximum absolute atomic E-state index is 17.0. The molecular weight excluding hydrogens is 820 g/mol. The Morgan fingerprint density at radius 3 is 2.35 bits per heavy atom. The summed E-state index contributed by atoms with van der Waals surface area (Å²) in [5, 5.41) is 32.8. The number of cyclic esters (lactones) is 1. The number of aliphatic hydroxyl groups is 2. The Labute approximate surface area is 369 Å². The number of aliphatic imine (C=N–C) groups is 1. The Bertz CT molecular complexity index is 1970. The lowest BCUT2D eigenvalue weighted by atomic mass is 9.73. The monoisotopic (exact) mass is 886 g/mol. The lowest BCUT2D eigenvalue weighted by Crippen LogP contribution is -2.61. The third-order valence-corrected chi connectivity index (χ3v) is 12.6. The highest BCUT2D eigenvalue weighted by molar-refractivity contribution is 6.08. The number of nitrogens with zero attached hydrogens (tertiary/aromatic N) is 5. The number of alkyl halides is 1. The van der Waals surface area contributed by atoms with Crippen molar-refractivity contribution in [2.24, 2.45) is 27.9 Å². The second-order valence-corrected chi connectivity index (χ2v) is 18.1. The lowest BCUT2D eigenvalue weighted by Gasteiger charge is -2.47. The molecule has 3 aliphatic rings. The number of ether oxygens (including phenoxy) is 5. The molecule has 3 aliphatic heterocycles. The number of amides is 1. The van der Waals surface area contributed by atoms with E-state index in [2.05, 4.69) is 15.2 Å². The quantitative estimate of drug-likeness (QED) is 0.181. The van der Waals surface area contributed by atoms with Crippen molar-refractivity contribution in [3.8, 4) is 5.69 Å². The third-order valence-electron chi connectivity index (χ3n) is 12.6. The Balaban J connectivity index is 1.66. The summed E-state index contributed by atoms with van der Waals surface area (Å²) in [5.41, 5.74) is 1.06. The number of anilines is 1. The van der Waals surface area contributed by atoms with E-state index in [1.54, 1.807) is 44.6 Å². The Hall–Kier alpha value is -4.17. The van der Waals surface area contributed by atoms with E-state index in [4.69, 9.17) is 34.3 Å². The van der Waals surface area contributed by atoms with Crippen molar-refractivity contribution in [1.29, 1.82) is 0 Å². The molecule has 63 heavy (non-hydrogen) atoms. The number of ketones is 1. The molecule has 17 nitrogen and oxygen atoms in total. The molecule has 1 amide bonds. The van der Waals surface area contributed by atoms with E-state index in [0.29, 0.717) is 18.0 Å². The number of nitrogens with two attached hydrogens (primary N) is 1. The van der Waals surface area contributed by atoms with Crippen LogP contribution in [0, 0.1) is 17.8 Å². The van der Waals surface area contributed by atoms with Crippen molar-refractivity contribution in [3.63, 3.8) is 0 Å². The fourth-order valence-corrected chi connectivity index (χ4v) is 9.08. The van der Waals surface area contributed by atoms with Crippen molar-refractivity contribution < 1.29 is 57.5 Å². The second kappa shape index (κ2) is 20.3. The molecule has 4 N–H and O–H groups in total. The number of hydrogen-bond acceptors (Lipinski definition) is 15. The number of nitrogen functional groups attached to an aromatic ring is 1. The smallest absolute Gasteiger partial charge is 0.351 e. The summed E-state index contributed by atoms with van der Waals surface area (Å²) in [6.07, 6.45) is -4.67. The van der Waals surface area contributed by atoms with E-state index in [0.717, 1.165) is 18.2 Å². The molecule has 2 bridgehead atoms. The minimum Gasteiger partial charge on any atom is -0.457 e. The predicted molar refractivity (Wildman–Crippen MR) is 232 cm³/mol. The van der Waals surface area contributed by atoms with Gasteiger partial charge >= 0.3 is 5.97 Å². The van der Waals surface area contributed by atoms with Gasteiger partial charge in [0, 0.05) is 42.3 Å². The largest absolute Gasteiger partial charge is 0.457 e. The number of aromatic nitrogens is 2. The first kappa shape index (κ1) is 49.8. The normalized spacial score (nSPS) is 37.6. The van der Waals surface area contributed by atoms with Gasteiger partial charge in [-0.1, -0.05) is 51.9 Å². The molecule has 350 valence electrons. The SMILES string of the molecule is CCC(=O)N=C1[C@H](C)C[C@@]2(C)OC/C(=N/OCc3ccc(-n4ccc(N)n4)cc3)CO[C@@H]([C@H]1C)[C@](C)(O)[C@@H](CC)OC(=O)[C@@](C)(F)C(=O)[C@H](C)[C@H]2O[C@@H]1O[C@H](C)C[C@H](N(C)C)[C@H]1O. The number of rotatable bonds is 9. The maximum atomic E-state index is 17.0. The van der Waals surface area contributed by atoms with Crippen LogP contribution >= 0.6 is 0 Å². The van der Waals surface area contributed by atoms with Gasteiger partial charge in [0.15, 0.2) is 12.1 Å². The summed E-state index contributed by atoms with van der Waals surface area (Å²) in [7, 11) is 3.64. The average molecular weight is 887 g/mol. The molecule has 1 aromatic carbocycles. The zero-order chi connectivity index (χ0) is 46.6. The van der Waals surface area contributed by atoms with Crippen molar-refractivity contribution in [3.05, 3.63) is 42.1 Å². The molecule has 3 fully saturated rings. The minimum absolute atomic E-state index is 0.00678. The number of carbonyl (C=O) groups is 3. The van der Waals surface area contributed by atoms with E-state index in [9.17, 15) is 24.6 Å². The van der Waals surface area contributed by atoms with Gasteiger partial charge < -0.3 is 49.4 Å². The summed E-state index contributed by atoms with van der Waals surface area (Å²) >= 11 is 0. The number of likely N-dealkylation sites (N-methyl/N-ethyl adjacent to an activating group) is 1. The molecule has 18 heteroatoms. The van der Waals surface area contributed by atoms with Crippen LogP contribution in [0.5, 0.6) is 0 Å². The summed E-state index contributed by atoms with van der Waals surface area (Å²) in [5.74, 6) is -5.63. The van der Waals surface area contributed by atoms with Crippen molar-refractivity contribution in [1.82, 2.24) is 14.7 Å². The zero-order valence-electron chi connectivity index (χ0n) is 38.4. The molecule has 0 spiro atoms. The van der Waals surface area contributed by atoms with Gasteiger partial charge in [-0.2, -0.15) is 5.10 Å². The first-order valence-corrected chi connectivity index (χ1v) is 21.8. The van der Waals surface area contributed by atoms with Crippen LogP contribution in [0.2, 0.25) is 0 Å². The topological polar surface area (TPSA) is 219 Å². The maximum Gasteiger partial charge on any atom is 0.351 e. The van der Waals surface area contributed by atoms with Gasteiger partial charge in [0.25, 0.3) is 5.67 Å². The van der Waals surface area contributed by atoms with Crippen LogP contribution < -0.4 is 5.73 Å². The van der Waals surface area contributed by atoms with Crippen molar-refractivity contribution >= 4 is 34.9 Å². The number of oxime groups is 1. The lowest BCUT2D eigenvalue weighted by molar-refractivity contribution is -0.296. The van der Waals surface area contributed by atoms with Crippen LogP contribution in [0.15, 0.2) is 46.7 Å². The molecule has 0 radical (unpaired) electrons. The first-order chi connectivity index (χ1) is 29.5. The van der Waals surface area contributed by atoms with Gasteiger partial charge in [0.05, 0.1) is 42.8 Å². The standard InChI is InChI=1S/C45H67FN6O11/c1-12-33-45(9,57)40-27(5)36(48-35(53)13-2)25(3)21-43(7,59-24-30(23-58-40)50-60-22-29-14-16-31(17-15-29)52-19-18-34(47)49-52)39(28(6)38(55)44(8,46)42(56)62-33)63-41-37(54)32(51(10)11)20-26(4)61-41/h14-19,25-28,32-33,37,39-41,54,57H,12-13,20-24H2,1-11H3,(H2,47,49)/b48-36?,50-30+/t25-,26-,27+,28+,32+,33-,37-,39-,40+,41+,43-,44+,45-/m1/s1. The minimum atomic E-state index is -3.22. The van der Waals surface area contributed by atoms with Crippen molar-refractivity contribution in [2.45, 2.75) is 154 Å². The number of halogens is 1. The Morgan fingerprint density at radius 1 is 1.06 bits per heavy atom. The fraction of sp³-hybridized carbons (Fsp3) is 0.689. The summed E-state index contributed by atoms with van der Waals surface area (Å²) < 4.78 is 50.6. The van der Waals surface area contributed by atoms with Crippen LogP contribution in [0.25, 0.3) is 5.69 Å². The van der Waals surface area contributed by atoms with Crippen LogP contribution in [0.4, 0.5) is 10.2 Å². The van der Waals surface area contributed by atoms with Gasteiger partial charge in [-0.05, 0) is 84.7 Å². The number of aliphatic hydroxyl groups excluding tert-OH is 1. The van der Waals surface area contributed by atoms with E-state index >= 15 is 4.39 Å². The van der Waals surface area contributed by atoms with Crippen molar-refractivity contribution in [2.75, 3.05) is 33.0 Å². The second-order valence-electron chi connectivity index (χ2n) is 18.1. The highest BCUT2D eigenvalue weighted by Crippen LogP contribution is 2.41. The number of esters is 1. The van der Waals surface area contributed by atoms with Crippen LogP contribution in [0.1, 0.15) is 93.6 Å². The third kappa shape index (κ3) is 11.2. The Morgan fingerprint density at radius 2 is 1.75 bits per heavy atom. The first-order valence-electron chi connectivity index (χ1n) is 21.8. The van der Waals surface area contributed by atoms with E-state index in [1.807, 2.05) is 57.1 Å². The average Bonchev–Trinajstić information content (AvgIpc) is 3.67. The summed E-state index contributed by atoms with van der Waals surface area (Å²) in [4.78, 5) is 53.9. The summed E-state index contributed by atoms with van der Waals surface area (Å²) in [6.45, 7) is 13.5. The number of hydrogen-bond donors (Lipinski definition) is 3. The highest BCUT2D eigenvalue weighted by atomic mass is 19.1. The molecule has 13 atom stereocenters. The van der Waals surface area contributed by atoms with Crippen LogP contribution in [-0.4, -0.2) is 141 Å². The Kier molecular flexibility index (Phi) is 16.1. The molecule has 4 heterocycles. The van der Waals surface area contributed by atoms with Gasteiger partial charge in [0.2, 0.25) is 5.91 Å². The highest BCUT2D eigenvalue weighted by Gasteiger charge is 2.56. The summed E-state index contributed by atoms with van der Waals surface area (Å²) in [6, 6.07) is 8.68. The zero-order valence-corrected chi connectivity index (χ0v) is 38.4. The van der Waals surface area contributed by atoms with E-state index in [-0.39, 0.29) is 50.9 Å². The molecule has 3 saturated heterocycles. The van der Waals surface area contributed by atoms with Crippen LogP contribution in [-0.2, 0) is 49.5 Å². The number of benzene rings is 1. The number of carbonyl (C=O) groups excluding carboxylic acids is 3. The molecule has 0 aliphatic carbocycles. The van der Waals surface area contributed by atoms with Crippen LogP contribution in [0.3, 0.4) is 0 Å². The molecule has 5 rings (SSSR count). The number of Topliss-reactive ketones (excluding diaryl/α,β-unsaturated/α-hetero) is 1. The predicted octanol–water partition coefficient (Wildman–Crippen LogP) is 4.37. The van der Waals surface area contributed by atoms with Gasteiger partial charge in [-0.15, -0.1) is 0 Å². The van der Waals surface area contributed by atoms with Gasteiger partial charge in [-0.25, -0.2) is 18.9 Å². The van der Waals surface area contributed by atoms with E-state index in [1.165, 1.54) is 13.8 Å². The molecule has 0 saturated carbocycles. The van der Waals surface area contributed by atoms with Gasteiger partial charge in [0.1, 0.15) is 35.9 Å². The molecule has 1 aromatic heterocycles. The van der Waals surface area contributed by atoms with Gasteiger partial charge in [-0.3, -0.25) is 9.59 Å².